The summed E-state index contributed by atoms with van der Waals surface area (Å²) in [5, 5.41) is 0. The molecule has 0 rings (SSSR count). The van der Waals surface area contributed by atoms with Gasteiger partial charge < -0.3 is 14.2 Å². The SMILES string of the molecule is CCCCCCCCCCCCCCCCO[CH]COCCOCC. The molecule has 0 bridgehead atoms. The van der Waals surface area contributed by atoms with Gasteiger partial charge in [-0.15, -0.1) is 0 Å². The van der Waals surface area contributed by atoms with Crippen LogP contribution in [0.2, 0.25) is 0 Å². The molecule has 0 aromatic rings. The number of hydrogen-bond donors (Lipinski definition) is 0. The zero-order chi connectivity index (χ0) is 18.3. The van der Waals surface area contributed by atoms with Crippen molar-refractivity contribution in [2.45, 2.75) is 104 Å². The minimum Gasteiger partial charge on any atom is -0.379 e. The number of hydrogen-bond acceptors (Lipinski definition) is 3. The van der Waals surface area contributed by atoms with E-state index in [1.165, 1.54) is 83.5 Å². The molecule has 0 aliphatic rings. The summed E-state index contributed by atoms with van der Waals surface area (Å²) in [6, 6.07) is 0. The van der Waals surface area contributed by atoms with Crippen LogP contribution in [0, 0.1) is 6.61 Å². The van der Waals surface area contributed by atoms with Crippen LogP contribution in [-0.2, 0) is 14.2 Å². The number of rotatable bonds is 22. The highest BCUT2D eigenvalue weighted by atomic mass is 16.5. The summed E-state index contributed by atoms with van der Waals surface area (Å²) in [5.74, 6) is 0. The van der Waals surface area contributed by atoms with Crippen molar-refractivity contribution in [3.05, 3.63) is 6.61 Å². The third-order valence-electron chi connectivity index (χ3n) is 4.50. The molecule has 0 N–H and O–H groups in total. The molecule has 0 aromatic heterocycles. The first kappa shape index (κ1) is 24.9. The molecule has 151 valence electrons. The smallest absolute Gasteiger partial charge is 0.109 e. The lowest BCUT2D eigenvalue weighted by Gasteiger charge is -2.05. The summed E-state index contributed by atoms with van der Waals surface area (Å²) in [7, 11) is 0. The van der Waals surface area contributed by atoms with Crippen LogP contribution in [0.3, 0.4) is 0 Å². The normalized spacial score (nSPS) is 11.3. The lowest BCUT2D eigenvalue weighted by atomic mass is 10.0. The van der Waals surface area contributed by atoms with E-state index in [0.717, 1.165) is 19.6 Å². The highest BCUT2D eigenvalue weighted by Gasteiger charge is 1.95. The van der Waals surface area contributed by atoms with Gasteiger partial charge in [0.15, 0.2) is 0 Å². The average molecular weight is 358 g/mol. The van der Waals surface area contributed by atoms with Gasteiger partial charge >= 0.3 is 0 Å². The van der Waals surface area contributed by atoms with E-state index in [9.17, 15) is 0 Å². The summed E-state index contributed by atoms with van der Waals surface area (Å²) in [4.78, 5) is 0. The van der Waals surface area contributed by atoms with Gasteiger partial charge in [-0.1, -0.05) is 90.4 Å². The molecular weight excluding hydrogens is 312 g/mol. The maximum absolute atomic E-state index is 5.46. The second-order valence-corrected chi connectivity index (χ2v) is 6.91. The van der Waals surface area contributed by atoms with Crippen molar-refractivity contribution < 1.29 is 14.2 Å². The van der Waals surface area contributed by atoms with Crippen molar-refractivity contribution in [3.8, 4) is 0 Å². The Balaban J connectivity index is 2.94. The van der Waals surface area contributed by atoms with Crippen molar-refractivity contribution in [1.82, 2.24) is 0 Å². The van der Waals surface area contributed by atoms with Gasteiger partial charge in [0.1, 0.15) is 6.61 Å². The topological polar surface area (TPSA) is 27.7 Å². The van der Waals surface area contributed by atoms with Crippen molar-refractivity contribution in [2.24, 2.45) is 0 Å². The molecule has 0 spiro atoms. The fourth-order valence-electron chi connectivity index (χ4n) is 2.91. The zero-order valence-corrected chi connectivity index (χ0v) is 17.2. The van der Waals surface area contributed by atoms with Gasteiger partial charge in [0.25, 0.3) is 0 Å². The molecule has 0 aliphatic carbocycles. The van der Waals surface area contributed by atoms with Gasteiger partial charge in [-0.05, 0) is 13.3 Å². The Morgan fingerprint density at radius 1 is 0.520 bits per heavy atom. The molecule has 0 saturated heterocycles. The van der Waals surface area contributed by atoms with Gasteiger partial charge in [0.2, 0.25) is 0 Å². The number of ether oxygens (including phenoxy) is 3. The molecule has 0 unspecified atom stereocenters. The van der Waals surface area contributed by atoms with E-state index < -0.39 is 0 Å². The first-order valence-corrected chi connectivity index (χ1v) is 11.0. The van der Waals surface area contributed by atoms with Crippen molar-refractivity contribution in [1.29, 1.82) is 0 Å². The average Bonchev–Trinajstić information content (AvgIpc) is 2.63. The van der Waals surface area contributed by atoms with E-state index in [1.54, 1.807) is 6.61 Å². The summed E-state index contributed by atoms with van der Waals surface area (Å²) < 4.78 is 16.0. The Kier molecular flexibility index (Phi) is 23.8. The molecular formula is C22H45O3. The molecule has 0 aliphatic heterocycles. The monoisotopic (exact) mass is 357 g/mol. The lowest BCUT2D eigenvalue weighted by molar-refractivity contribution is 0.0398. The standard InChI is InChI=1S/C22H45O3/c1-3-5-6-7-8-9-10-11-12-13-14-15-16-17-18-24-21-22-25-20-19-23-4-2/h21H,3-20,22H2,1-2H3. The Bertz CT molecular complexity index is 199. The second kappa shape index (κ2) is 23.9. The van der Waals surface area contributed by atoms with Crippen LogP contribution in [0.1, 0.15) is 104 Å². The minimum atomic E-state index is 0.561. The molecule has 0 atom stereocenters. The highest BCUT2D eigenvalue weighted by Crippen LogP contribution is 2.12. The summed E-state index contributed by atoms with van der Waals surface area (Å²) in [5.41, 5.74) is 0. The van der Waals surface area contributed by atoms with Crippen LogP contribution < -0.4 is 0 Å². The Morgan fingerprint density at radius 2 is 1.00 bits per heavy atom. The largest absolute Gasteiger partial charge is 0.379 e. The predicted octanol–water partition coefficient (Wildman–Crippen LogP) is 6.70. The third-order valence-corrected chi connectivity index (χ3v) is 4.50. The van der Waals surface area contributed by atoms with Crippen molar-refractivity contribution in [3.63, 3.8) is 0 Å². The van der Waals surface area contributed by atoms with Gasteiger partial charge in [0, 0.05) is 13.2 Å². The Morgan fingerprint density at radius 3 is 1.52 bits per heavy atom. The lowest BCUT2D eigenvalue weighted by Crippen LogP contribution is -2.06. The molecule has 1 radical (unpaired) electrons. The van der Waals surface area contributed by atoms with Gasteiger partial charge in [-0.25, -0.2) is 0 Å². The quantitative estimate of drug-likeness (QED) is 0.202. The molecule has 3 nitrogen and oxygen atoms in total. The summed E-state index contributed by atoms with van der Waals surface area (Å²) in [6.45, 7) is 9.50. The molecule has 3 heteroatoms. The van der Waals surface area contributed by atoms with E-state index in [2.05, 4.69) is 6.92 Å². The van der Waals surface area contributed by atoms with Crippen LogP contribution in [-0.4, -0.2) is 33.0 Å². The van der Waals surface area contributed by atoms with Gasteiger partial charge in [0.05, 0.1) is 19.8 Å². The molecule has 25 heavy (non-hydrogen) atoms. The molecule has 0 fully saturated rings. The first-order chi connectivity index (χ1) is 12.4. The van der Waals surface area contributed by atoms with Crippen LogP contribution >= 0.6 is 0 Å². The first-order valence-electron chi connectivity index (χ1n) is 11.0. The van der Waals surface area contributed by atoms with Crippen LogP contribution in [0.25, 0.3) is 0 Å². The summed E-state index contributed by atoms with van der Waals surface area (Å²) in [6.07, 6.45) is 19.5. The minimum absolute atomic E-state index is 0.561. The van der Waals surface area contributed by atoms with Crippen LogP contribution in [0.15, 0.2) is 0 Å². The van der Waals surface area contributed by atoms with Crippen LogP contribution in [0.5, 0.6) is 0 Å². The highest BCUT2D eigenvalue weighted by molar-refractivity contribution is 4.51. The van der Waals surface area contributed by atoms with Crippen molar-refractivity contribution in [2.75, 3.05) is 33.0 Å². The fourth-order valence-corrected chi connectivity index (χ4v) is 2.91. The van der Waals surface area contributed by atoms with E-state index in [4.69, 9.17) is 14.2 Å². The van der Waals surface area contributed by atoms with E-state index >= 15 is 0 Å². The van der Waals surface area contributed by atoms with Gasteiger partial charge in [-0.2, -0.15) is 0 Å². The molecule has 0 heterocycles. The van der Waals surface area contributed by atoms with Crippen molar-refractivity contribution >= 4 is 0 Å². The zero-order valence-electron chi connectivity index (χ0n) is 17.2. The van der Waals surface area contributed by atoms with E-state index in [-0.39, 0.29) is 0 Å². The predicted molar refractivity (Wildman–Crippen MR) is 108 cm³/mol. The van der Waals surface area contributed by atoms with E-state index in [1.807, 2.05) is 6.92 Å². The third kappa shape index (κ3) is 23.9. The maximum atomic E-state index is 5.46. The van der Waals surface area contributed by atoms with Gasteiger partial charge in [-0.3, -0.25) is 0 Å². The maximum Gasteiger partial charge on any atom is 0.109 e. The molecule has 0 saturated carbocycles. The molecule has 0 amide bonds. The Hall–Kier alpha value is -0.120. The molecule has 0 aromatic carbocycles. The Labute approximate surface area is 158 Å². The van der Waals surface area contributed by atoms with Crippen LogP contribution in [0.4, 0.5) is 0 Å². The summed E-state index contributed by atoms with van der Waals surface area (Å²) >= 11 is 0. The van der Waals surface area contributed by atoms with E-state index in [0.29, 0.717) is 19.8 Å². The second-order valence-electron chi connectivity index (χ2n) is 6.91. The number of unbranched alkanes of at least 4 members (excludes halogenated alkanes) is 13. The fraction of sp³-hybridized carbons (Fsp3) is 0.955.